The van der Waals surface area contributed by atoms with Crippen LogP contribution in [-0.2, 0) is 14.3 Å². The summed E-state index contributed by atoms with van der Waals surface area (Å²) in [5.74, 6) is -0.375. The average molecular weight is 384 g/mol. The summed E-state index contributed by atoms with van der Waals surface area (Å²) in [6.45, 7) is 4.05. The molecule has 0 radical (unpaired) electrons. The van der Waals surface area contributed by atoms with Crippen molar-refractivity contribution in [3.05, 3.63) is 36.0 Å². The van der Waals surface area contributed by atoms with Gasteiger partial charge in [0, 0.05) is 50.0 Å². The van der Waals surface area contributed by atoms with Crippen LogP contribution in [0.2, 0.25) is 0 Å². The number of rotatable bonds is 4. The van der Waals surface area contributed by atoms with Gasteiger partial charge in [0.2, 0.25) is 5.91 Å². The lowest BCUT2D eigenvalue weighted by Gasteiger charge is -2.33. The van der Waals surface area contributed by atoms with Crippen molar-refractivity contribution in [2.75, 3.05) is 18.8 Å². The molecule has 3 N–H and O–H groups in total. The fourth-order valence-electron chi connectivity index (χ4n) is 3.39. The van der Waals surface area contributed by atoms with E-state index in [4.69, 9.17) is 10.5 Å². The third kappa shape index (κ3) is 4.39. The first-order valence-corrected chi connectivity index (χ1v) is 9.26. The molecule has 28 heavy (non-hydrogen) atoms. The Morgan fingerprint density at radius 2 is 1.96 bits per heavy atom. The van der Waals surface area contributed by atoms with Gasteiger partial charge < -0.3 is 20.7 Å². The second kappa shape index (κ2) is 8.24. The number of nitrogens with two attached hydrogens (primary N) is 1. The van der Waals surface area contributed by atoms with Crippen LogP contribution in [-0.4, -0.2) is 52.9 Å². The molecule has 1 atom stereocenters. The molecule has 0 bridgehead atoms. The Kier molecular flexibility index (Phi) is 5.77. The maximum atomic E-state index is 12.6. The van der Waals surface area contributed by atoms with E-state index in [2.05, 4.69) is 10.3 Å². The molecule has 2 amide bonds. The molecular weight excluding hydrogens is 360 g/mol. The highest BCUT2D eigenvalue weighted by molar-refractivity contribution is 6.02. The molecule has 148 valence electrons. The molecule has 8 heteroatoms. The van der Waals surface area contributed by atoms with Crippen LogP contribution in [0.1, 0.15) is 37.0 Å². The number of fused-ring (bicyclic) bond motifs is 1. The number of piperidine rings is 1. The molecule has 0 aliphatic carbocycles. The van der Waals surface area contributed by atoms with Crippen molar-refractivity contribution in [1.29, 1.82) is 0 Å². The quantitative estimate of drug-likeness (QED) is 0.772. The summed E-state index contributed by atoms with van der Waals surface area (Å²) in [5.41, 5.74) is 6.28. The molecule has 0 saturated carbocycles. The van der Waals surface area contributed by atoms with Crippen molar-refractivity contribution in [2.24, 2.45) is 0 Å². The van der Waals surface area contributed by atoms with Crippen LogP contribution in [0.3, 0.4) is 0 Å². The van der Waals surface area contributed by atoms with Crippen molar-refractivity contribution < 1.29 is 19.1 Å². The minimum Gasteiger partial charge on any atom is -0.462 e. The number of nitrogen functional groups attached to an aromatic ring is 1. The van der Waals surface area contributed by atoms with Gasteiger partial charge in [-0.25, -0.2) is 4.98 Å². The zero-order chi connectivity index (χ0) is 20.3. The first-order chi connectivity index (χ1) is 13.3. The molecule has 1 aliphatic rings. The molecular formula is C20H24N4O4. The van der Waals surface area contributed by atoms with Crippen molar-refractivity contribution >= 4 is 34.4 Å². The molecule has 8 nitrogen and oxygen atoms in total. The number of ether oxygens (including phenoxy) is 1. The Morgan fingerprint density at radius 1 is 1.25 bits per heavy atom. The highest BCUT2D eigenvalue weighted by Gasteiger charge is 2.28. The van der Waals surface area contributed by atoms with Gasteiger partial charge in [0.25, 0.3) is 5.91 Å². The third-order valence-corrected chi connectivity index (χ3v) is 4.86. The number of hydrogen-bond acceptors (Lipinski definition) is 6. The second-order valence-electron chi connectivity index (χ2n) is 6.96. The fourth-order valence-corrected chi connectivity index (χ4v) is 3.39. The normalized spacial score (nSPS) is 15.9. The number of pyridine rings is 1. The SMILES string of the molecule is CC(=O)OC1CCN(C(=O)C(C)NC(=O)c2ccc3c(N)nccc3c2)CC1. The molecule has 1 aromatic carbocycles. The topological polar surface area (TPSA) is 115 Å². The average Bonchev–Trinajstić information content (AvgIpc) is 2.67. The number of benzene rings is 1. The standard InChI is InChI=1S/C20H24N4O4/c1-12(20(27)24-9-6-16(7-10-24)28-13(2)25)23-19(26)15-3-4-17-14(11-15)5-8-22-18(17)21/h3-5,8,11-12,16H,6-7,9-10H2,1-2H3,(H2,21,22)(H,23,26). The van der Waals surface area contributed by atoms with Gasteiger partial charge in [-0.15, -0.1) is 0 Å². The van der Waals surface area contributed by atoms with Crippen molar-refractivity contribution in [2.45, 2.75) is 38.8 Å². The summed E-state index contributed by atoms with van der Waals surface area (Å²) >= 11 is 0. The number of esters is 1. The lowest BCUT2D eigenvalue weighted by molar-refractivity contribution is -0.149. The highest BCUT2D eigenvalue weighted by Crippen LogP contribution is 2.20. The Hall–Kier alpha value is -3.16. The molecule has 1 saturated heterocycles. The van der Waals surface area contributed by atoms with Crippen LogP contribution in [0.25, 0.3) is 10.8 Å². The molecule has 1 aliphatic heterocycles. The number of anilines is 1. The van der Waals surface area contributed by atoms with E-state index in [0.717, 1.165) is 10.8 Å². The van der Waals surface area contributed by atoms with Gasteiger partial charge >= 0.3 is 5.97 Å². The summed E-state index contributed by atoms with van der Waals surface area (Å²) in [7, 11) is 0. The molecule has 3 rings (SSSR count). The van der Waals surface area contributed by atoms with Gasteiger partial charge in [-0.2, -0.15) is 0 Å². The van der Waals surface area contributed by atoms with Crippen LogP contribution in [0, 0.1) is 0 Å². The van der Waals surface area contributed by atoms with E-state index in [0.29, 0.717) is 37.3 Å². The molecule has 0 spiro atoms. The van der Waals surface area contributed by atoms with E-state index in [1.54, 1.807) is 42.3 Å². The van der Waals surface area contributed by atoms with Crippen molar-refractivity contribution in [3.63, 3.8) is 0 Å². The second-order valence-corrected chi connectivity index (χ2v) is 6.96. The monoisotopic (exact) mass is 384 g/mol. The Labute approximate surface area is 163 Å². The number of carbonyl (C=O) groups is 3. The number of carbonyl (C=O) groups excluding carboxylic acids is 3. The zero-order valence-corrected chi connectivity index (χ0v) is 16.0. The number of nitrogens with one attached hydrogen (secondary N) is 1. The third-order valence-electron chi connectivity index (χ3n) is 4.86. The van der Waals surface area contributed by atoms with Gasteiger partial charge in [0.15, 0.2) is 0 Å². The number of nitrogens with zero attached hydrogens (tertiary/aromatic N) is 2. The van der Waals surface area contributed by atoms with Crippen LogP contribution >= 0.6 is 0 Å². The van der Waals surface area contributed by atoms with Crippen LogP contribution in [0.5, 0.6) is 0 Å². The summed E-state index contributed by atoms with van der Waals surface area (Å²) in [6.07, 6.45) is 2.65. The lowest BCUT2D eigenvalue weighted by atomic mass is 10.1. The van der Waals surface area contributed by atoms with E-state index in [9.17, 15) is 14.4 Å². The van der Waals surface area contributed by atoms with E-state index in [1.807, 2.05) is 0 Å². The smallest absolute Gasteiger partial charge is 0.302 e. The predicted octanol–water partition coefficient (Wildman–Crippen LogP) is 1.49. The zero-order valence-electron chi connectivity index (χ0n) is 16.0. The Balaban J connectivity index is 1.59. The minimum absolute atomic E-state index is 0.147. The number of aromatic nitrogens is 1. The first kappa shape index (κ1) is 19.6. The first-order valence-electron chi connectivity index (χ1n) is 9.26. The van der Waals surface area contributed by atoms with Gasteiger partial charge in [-0.05, 0) is 36.6 Å². The van der Waals surface area contributed by atoms with E-state index < -0.39 is 6.04 Å². The largest absolute Gasteiger partial charge is 0.462 e. The van der Waals surface area contributed by atoms with Crippen LogP contribution in [0.15, 0.2) is 30.5 Å². The van der Waals surface area contributed by atoms with Crippen molar-refractivity contribution in [1.82, 2.24) is 15.2 Å². The summed E-state index contributed by atoms with van der Waals surface area (Å²) in [6, 6.07) is 6.27. The van der Waals surface area contributed by atoms with E-state index in [-0.39, 0.29) is 23.9 Å². The summed E-state index contributed by atoms with van der Waals surface area (Å²) < 4.78 is 5.19. The van der Waals surface area contributed by atoms with Gasteiger partial charge in [0.05, 0.1) is 0 Å². The summed E-state index contributed by atoms with van der Waals surface area (Å²) in [4.78, 5) is 41.9. The number of amides is 2. The number of likely N-dealkylation sites (tertiary alicyclic amines) is 1. The summed E-state index contributed by atoms with van der Waals surface area (Å²) in [5, 5.41) is 4.34. The van der Waals surface area contributed by atoms with Crippen molar-refractivity contribution in [3.8, 4) is 0 Å². The van der Waals surface area contributed by atoms with E-state index in [1.165, 1.54) is 6.92 Å². The molecule has 2 heterocycles. The van der Waals surface area contributed by atoms with Crippen LogP contribution < -0.4 is 11.1 Å². The van der Waals surface area contributed by atoms with E-state index >= 15 is 0 Å². The van der Waals surface area contributed by atoms with Gasteiger partial charge in [-0.1, -0.05) is 0 Å². The fraction of sp³-hybridized carbons (Fsp3) is 0.400. The Morgan fingerprint density at radius 3 is 2.64 bits per heavy atom. The minimum atomic E-state index is -0.656. The molecule has 1 aromatic heterocycles. The maximum Gasteiger partial charge on any atom is 0.302 e. The van der Waals surface area contributed by atoms with Crippen LogP contribution in [0.4, 0.5) is 5.82 Å². The van der Waals surface area contributed by atoms with Gasteiger partial charge in [-0.3, -0.25) is 14.4 Å². The lowest BCUT2D eigenvalue weighted by Crippen LogP contribution is -2.50. The Bertz CT molecular complexity index is 906. The molecule has 1 fully saturated rings. The molecule has 2 aromatic rings. The molecule has 1 unspecified atom stereocenters. The predicted molar refractivity (Wildman–Crippen MR) is 104 cm³/mol. The highest BCUT2D eigenvalue weighted by atomic mass is 16.5. The van der Waals surface area contributed by atoms with Gasteiger partial charge in [0.1, 0.15) is 18.0 Å². The number of hydrogen-bond donors (Lipinski definition) is 2. The maximum absolute atomic E-state index is 12.6.